The van der Waals surface area contributed by atoms with Gasteiger partial charge in [-0.1, -0.05) is 24.8 Å². The van der Waals surface area contributed by atoms with Crippen LogP contribution in [0.15, 0.2) is 79.4 Å². The Hall–Kier alpha value is -4.33. The number of likely N-dealkylation sites (tertiary alicyclic amines) is 1. The molecular formula is C29H29N3O5. The molecule has 2 aliphatic heterocycles. The van der Waals surface area contributed by atoms with E-state index in [2.05, 4.69) is 11.6 Å². The van der Waals surface area contributed by atoms with Gasteiger partial charge in [0, 0.05) is 37.5 Å². The number of amides is 1. The van der Waals surface area contributed by atoms with Gasteiger partial charge in [-0.2, -0.15) is 0 Å². The number of hydrogen-bond acceptors (Lipinski definition) is 6. The number of carbonyl (C=O) groups excluding carboxylic acids is 2. The third-order valence-electron chi connectivity index (χ3n) is 6.65. The van der Waals surface area contributed by atoms with E-state index in [1.807, 2.05) is 35.9 Å². The molecular weight excluding hydrogens is 470 g/mol. The third-order valence-corrected chi connectivity index (χ3v) is 6.65. The zero-order valence-electron chi connectivity index (χ0n) is 20.7. The van der Waals surface area contributed by atoms with Crippen molar-refractivity contribution in [2.24, 2.45) is 0 Å². The maximum absolute atomic E-state index is 13.3. The van der Waals surface area contributed by atoms with Crippen molar-refractivity contribution in [2.75, 3.05) is 13.2 Å². The summed E-state index contributed by atoms with van der Waals surface area (Å²) in [5, 5.41) is 11.4. The molecule has 5 rings (SSSR count). The smallest absolute Gasteiger partial charge is 0.295 e. The van der Waals surface area contributed by atoms with Crippen LogP contribution in [0.25, 0.3) is 5.76 Å². The maximum Gasteiger partial charge on any atom is 0.295 e. The molecule has 0 spiro atoms. The van der Waals surface area contributed by atoms with Crippen LogP contribution in [0.5, 0.6) is 11.5 Å². The summed E-state index contributed by atoms with van der Waals surface area (Å²) in [5.74, 6) is -0.0802. The monoisotopic (exact) mass is 499 g/mol. The normalized spacial score (nSPS) is 20.1. The third kappa shape index (κ3) is 4.87. The Morgan fingerprint density at radius 1 is 1.22 bits per heavy atom. The van der Waals surface area contributed by atoms with Crippen molar-refractivity contribution >= 4 is 17.4 Å². The number of hydrogen-bond donors (Lipinski definition) is 1. The van der Waals surface area contributed by atoms with E-state index in [-0.39, 0.29) is 17.4 Å². The first-order chi connectivity index (χ1) is 18.0. The maximum atomic E-state index is 13.3. The number of ketones is 1. The number of ether oxygens (including phenoxy) is 2. The highest BCUT2D eigenvalue weighted by atomic mass is 16.5. The van der Waals surface area contributed by atoms with E-state index in [4.69, 9.17) is 9.47 Å². The Bertz CT molecular complexity index is 1340. The predicted molar refractivity (Wildman–Crippen MR) is 138 cm³/mol. The Balaban J connectivity index is 1.51. The van der Waals surface area contributed by atoms with Crippen LogP contribution >= 0.6 is 0 Å². The van der Waals surface area contributed by atoms with Gasteiger partial charge < -0.3 is 24.0 Å². The molecule has 0 saturated carbocycles. The lowest BCUT2D eigenvalue weighted by Crippen LogP contribution is -2.31. The number of aryl methyl sites for hydroxylation is 1. The number of aliphatic hydroxyl groups excluding tert-OH is 1. The number of imidazole rings is 1. The van der Waals surface area contributed by atoms with E-state index in [9.17, 15) is 14.7 Å². The summed E-state index contributed by atoms with van der Waals surface area (Å²) >= 11 is 0. The lowest BCUT2D eigenvalue weighted by molar-refractivity contribution is -0.139. The fraction of sp³-hybridized carbons (Fsp3) is 0.276. The van der Waals surface area contributed by atoms with Crippen LogP contribution in [-0.4, -0.2) is 50.5 Å². The van der Waals surface area contributed by atoms with Gasteiger partial charge in [0.25, 0.3) is 11.7 Å². The molecule has 3 aromatic rings. The number of fused-ring (bicyclic) bond motifs is 1. The van der Waals surface area contributed by atoms with Crippen molar-refractivity contribution in [2.45, 2.75) is 38.5 Å². The van der Waals surface area contributed by atoms with Crippen LogP contribution in [0.2, 0.25) is 0 Å². The average Bonchev–Trinajstić information content (AvgIpc) is 3.61. The van der Waals surface area contributed by atoms with E-state index in [1.54, 1.807) is 47.8 Å². The minimum Gasteiger partial charge on any atom is -0.507 e. The van der Waals surface area contributed by atoms with E-state index in [1.165, 1.54) is 0 Å². The molecule has 0 aliphatic carbocycles. The summed E-state index contributed by atoms with van der Waals surface area (Å²) in [7, 11) is 0. The average molecular weight is 500 g/mol. The van der Waals surface area contributed by atoms with Crippen molar-refractivity contribution in [3.05, 3.63) is 96.1 Å². The zero-order valence-corrected chi connectivity index (χ0v) is 20.7. The van der Waals surface area contributed by atoms with Gasteiger partial charge in [-0.05, 0) is 54.8 Å². The predicted octanol–water partition coefficient (Wildman–Crippen LogP) is 4.28. The van der Waals surface area contributed by atoms with Crippen molar-refractivity contribution in [1.82, 2.24) is 14.5 Å². The Morgan fingerprint density at radius 3 is 2.76 bits per heavy atom. The molecule has 3 heterocycles. The second-order valence-electron chi connectivity index (χ2n) is 9.27. The first-order valence-electron chi connectivity index (χ1n) is 12.3. The lowest BCUT2D eigenvalue weighted by atomic mass is 9.94. The summed E-state index contributed by atoms with van der Waals surface area (Å²) in [6.07, 6.45) is 8.31. The Labute approximate surface area is 215 Å². The second-order valence-corrected chi connectivity index (χ2v) is 9.27. The van der Waals surface area contributed by atoms with E-state index >= 15 is 0 Å². The van der Waals surface area contributed by atoms with Crippen molar-refractivity contribution in [1.29, 1.82) is 0 Å². The fourth-order valence-corrected chi connectivity index (χ4v) is 4.93. The number of carbonyl (C=O) groups is 2. The number of nitrogens with zero attached hydrogens (tertiary/aromatic N) is 3. The summed E-state index contributed by atoms with van der Waals surface area (Å²) in [5.41, 5.74) is 2.25. The first kappa shape index (κ1) is 24.4. The zero-order chi connectivity index (χ0) is 25.9. The summed E-state index contributed by atoms with van der Waals surface area (Å²) in [4.78, 5) is 32.1. The molecule has 0 radical (unpaired) electrons. The second kappa shape index (κ2) is 10.3. The first-order valence-corrected chi connectivity index (χ1v) is 12.3. The quantitative estimate of drug-likeness (QED) is 0.204. The molecule has 190 valence electrons. The molecule has 1 fully saturated rings. The van der Waals surface area contributed by atoms with Gasteiger partial charge in [-0.3, -0.25) is 9.59 Å². The minimum absolute atomic E-state index is 0.0512. The number of Topliss-reactive ketones (excluding diaryl/α,β-unsaturated/α-hetero) is 1. The van der Waals surface area contributed by atoms with E-state index in [0.717, 1.165) is 11.3 Å². The number of rotatable bonds is 9. The van der Waals surface area contributed by atoms with Gasteiger partial charge in [0.2, 0.25) is 0 Å². The molecule has 2 atom stereocenters. The SMILES string of the molecule is C=CCOc1ccc([C@H]2/C(=C(\O)c3ccc4c(c3)C[C@H](C)O4)C(=O)C(=O)N2CCCn2ccnc2)cc1. The highest BCUT2D eigenvalue weighted by Gasteiger charge is 2.45. The molecule has 0 unspecified atom stereocenters. The summed E-state index contributed by atoms with van der Waals surface area (Å²) in [6.45, 7) is 7.00. The topological polar surface area (TPSA) is 93.9 Å². The van der Waals surface area contributed by atoms with Crippen LogP contribution in [-0.2, 0) is 22.6 Å². The molecule has 1 saturated heterocycles. The van der Waals surface area contributed by atoms with Gasteiger partial charge >= 0.3 is 0 Å². The van der Waals surface area contributed by atoms with Crippen molar-refractivity contribution in [3.8, 4) is 11.5 Å². The van der Waals surface area contributed by atoms with Gasteiger partial charge in [0.15, 0.2) is 0 Å². The minimum atomic E-state index is -0.723. The van der Waals surface area contributed by atoms with Gasteiger partial charge in [0.05, 0.1) is 17.9 Å². The largest absolute Gasteiger partial charge is 0.507 e. The Morgan fingerprint density at radius 2 is 2.03 bits per heavy atom. The number of aromatic nitrogens is 2. The summed E-state index contributed by atoms with van der Waals surface area (Å²) < 4.78 is 13.3. The standard InChI is InChI=1S/C29H29N3O5/c1-3-15-36-23-8-5-20(6-9-23)26-25(27(33)21-7-10-24-22(17-21)16-19(2)37-24)28(34)29(35)32(26)13-4-12-31-14-11-30-18-31/h3,5-11,14,17-19,26,33H,1,4,12-13,15-16H2,2H3/b27-25+/t19-,26-/m0/s1. The molecule has 0 bridgehead atoms. The van der Waals surface area contributed by atoms with E-state index in [0.29, 0.717) is 49.4 Å². The van der Waals surface area contributed by atoms with Gasteiger partial charge in [-0.25, -0.2) is 4.98 Å². The summed E-state index contributed by atoms with van der Waals surface area (Å²) in [6, 6.07) is 11.9. The molecule has 2 aromatic carbocycles. The molecule has 37 heavy (non-hydrogen) atoms. The lowest BCUT2D eigenvalue weighted by Gasteiger charge is -2.25. The van der Waals surface area contributed by atoms with E-state index < -0.39 is 17.7 Å². The molecule has 1 N–H and O–H groups in total. The van der Waals surface area contributed by atoms with Crippen molar-refractivity contribution < 1.29 is 24.2 Å². The number of aliphatic hydroxyl groups is 1. The van der Waals surface area contributed by atoms with Crippen LogP contribution in [0.4, 0.5) is 0 Å². The van der Waals surface area contributed by atoms with Crippen LogP contribution in [0.3, 0.4) is 0 Å². The van der Waals surface area contributed by atoms with Gasteiger partial charge in [-0.15, -0.1) is 0 Å². The Kier molecular flexibility index (Phi) is 6.81. The molecule has 1 amide bonds. The fourth-order valence-electron chi connectivity index (χ4n) is 4.93. The highest BCUT2D eigenvalue weighted by molar-refractivity contribution is 6.46. The molecule has 8 nitrogen and oxygen atoms in total. The van der Waals surface area contributed by atoms with Crippen LogP contribution in [0, 0.1) is 0 Å². The molecule has 1 aromatic heterocycles. The van der Waals surface area contributed by atoms with Crippen LogP contribution < -0.4 is 9.47 Å². The molecule has 8 heteroatoms. The highest BCUT2D eigenvalue weighted by Crippen LogP contribution is 2.41. The number of benzene rings is 2. The van der Waals surface area contributed by atoms with Gasteiger partial charge in [0.1, 0.15) is 30.0 Å². The van der Waals surface area contributed by atoms with Crippen molar-refractivity contribution in [3.63, 3.8) is 0 Å². The van der Waals surface area contributed by atoms with Crippen LogP contribution in [0.1, 0.15) is 36.1 Å². The molecule has 2 aliphatic rings.